The molecule has 0 aliphatic heterocycles. The number of hydrogen-bond acceptors (Lipinski definition) is 3. The molecule has 0 aliphatic carbocycles. The number of halogens is 1. The van der Waals surface area contributed by atoms with Gasteiger partial charge in [0.05, 0.1) is 10.9 Å². The molecule has 1 aromatic rings. The second-order valence-electron chi connectivity index (χ2n) is 4.23. The molecule has 18 heavy (non-hydrogen) atoms. The Morgan fingerprint density at radius 3 is 2.89 bits per heavy atom. The molecule has 1 aromatic heterocycles. The lowest BCUT2D eigenvalue weighted by Crippen LogP contribution is -2.30. The van der Waals surface area contributed by atoms with Gasteiger partial charge in [0.2, 0.25) is 11.8 Å². The molecule has 4 nitrogen and oxygen atoms in total. The van der Waals surface area contributed by atoms with Crippen LogP contribution in [-0.2, 0) is 11.3 Å². The highest BCUT2D eigenvalue weighted by molar-refractivity contribution is 9.10. The van der Waals surface area contributed by atoms with E-state index in [1.54, 1.807) is 6.20 Å². The number of carbonyl (C=O) groups is 1. The molecule has 0 radical (unpaired) electrons. The first-order valence-electron chi connectivity index (χ1n) is 6.07. The highest BCUT2D eigenvalue weighted by Crippen LogP contribution is 2.16. The van der Waals surface area contributed by atoms with Crippen molar-refractivity contribution in [2.75, 3.05) is 0 Å². The fourth-order valence-corrected chi connectivity index (χ4v) is 1.53. The summed E-state index contributed by atoms with van der Waals surface area (Å²) in [6, 6.07) is 3.74. The zero-order valence-electron chi connectivity index (χ0n) is 10.9. The summed E-state index contributed by atoms with van der Waals surface area (Å²) in [7, 11) is 0. The van der Waals surface area contributed by atoms with E-state index in [4.69, 9.17) is 4.74 Å². The summed E-state index contributed by atoms with van der Waals surface area (Å²) in [6.07, 6.45) is 2.50. The van der Waals surface area contributed by atoms with E-state index in [1.165, 1.54) is 0 Å². The highest BCUT2D eigenvalue weighted by atomic mass is 79.9. The topological polar surface area (TPSA) is 51.2 Å². The van der Waals surface area contributed by atoms with E-state index in [0.29, 0.717) is 12.4 Å². The van der Waals surface area contributed by atoms with Crippen molar-refractivity contribution in [2.45, 2.75) is 44.7 Å². The molecule has 100 valence electrons. The summed E-state index contributed by atoms with van der Waals surface area (Å²) >= 11 is 3.32. The summed E-state index contributed by atoms with van der Waals surface area (Å²) in [5, 5.41) is 2.86. The first-order valence-corrected chi connectivity index (χ1v) is 6.98. The Hall–Kier alpha value is -1.10. The van der Waals surface area contributed by atoms with Crippen molar-refractivity contribution in [3.05, 3.63) is 23.9 Å². The molecule has 1 unspecified atom stereocenters. The zero-order valence-corrected chi connectivity index (χ0v) is 12.5. The molecule has 1 N–H and O–H groups in total. The summed E-state index contributed by atoms with van der Waals surface area (Å²) in [6.45, 7) is 6.28. The maximum atomic E-state index is 11.7. The Balaban J connectivity index is 2.64. The highest BCUT2D eigenvalue weighted by Gasteiger charge is 2.13. The van der Waals surface area contributed by atoms with Crippen molar-refractivity contribution in [1.82, 2.24) is 10.3 Å². The molecular formula is C13H19BrN2O2. The van der Waals surface area contributed by atoms with E-state index < -0.39 is 0 Å². The number of hydrogen-bond donors (Lipinski definition) is 1. The van der Waals surface area contributed by atoms with Crippen LogP contribution in [0.25, 0.3) is 0 Å². The van der Waals surface area contributed by atoms with E-state index >= 15 is 0 Å². The van der Waals surface area contributed by atoms with Crippen LogP contribution in [0.4, 0.5) is 0 Å². The molecule has 1 rings (SSSR count). The number of carbonyl (C=O) groups excluding carboxylic acids is 1. The van der Waals surface area contributed by atoms with Crippen LogP contribution in [0.15, 0.2) is 18.3 Å². The number of pyridine rings is 1. The van der Waals surface area contributed by atoms with Gasteiger partial charge >= 0.3 is 0 Å². The minimum atomic E-state index is -0.149. The van der Waals surface area contributed by atoms with Gasteiger partial charge in [-0.2, -0.15) is 0 Å². The van der Waals surface area contributed by atoms with Crippen molar-refractivity contribution in [3.63, 3.8) is 0 Å². The average Bonchev–Trinajstić information content (AvgIpc) is 2.35. The van der Waals surface area contributed by atoms with Crippen LogP contribution in [0, 0.1) is 0 Å². The summed E-state index contributed by atoms with van der Waals surface area (Å²) in [5.74, 6) is 0.562. The molecule has 0 bridgehead atoms. The molecule has 0 saturated carbocycles. The van der Waals surface area contributed by atoms with Crippen molar-refractivity contribution in [3.8, 4) is 5.88 Å². The van der Waals surface area contributed by atoms with Crippen LogP contribution in [0.3, 0.4) is 0 Å². The molecule has 0 aromatic carbocycles. The van der Waals surface area contributed by atoms with Crippen molar-refractivity contribution < 1.29 is 9.53 Å². The van der Waals surface area contributed by atoms with Gasteiger partial charge in [-0.05, 0) is 26.3 Å². The van der Waals surface area contributed by atoms with E-state index in [1.807, 2.05) is 32.9 Å². The molecule has 0 fully saturated rings. The van der Waals surface area contributed by atoms with Crippen LogP contribution < -0.4 is 10.1 Å². The standard InChI is InChI=1S/C13H19BrN2O2/c1-4-11(14)12(17)16-8-10-6-5-7-15-13(10)18-9(2)3/h5-7,9,11H,4,8H2,1-3H3,(H,16,17). The predicted octanol–water partition coefficient (Wildman–Crippen LogP) is 2.66. The number of amides is 1. The van der Waals surface area contributed by atoms with E-state index in [-0.39, 0.29) is 16.8 Å². The second kappa shape index (κ2) is 7.36. The van der Waals surface area contributed by atoms with Crippen molar-refractivity contribution in [2.24, 2.45) is 0 Å². The van der Waals surface area contributed by atoms with E-state index in [2.05, 4.69) is 26.2 Å². The monoisotopic (exact) mass is 314 g/mol. The lowest BCUT2D eigenvalue weighted by molar-refractivity contribution is -0.120. The van der Waals surface area contributed by atoms with Crippen LogP contribution >= 0.6 is 15.9 Å². The van der Waals surface area contributed by atoms with Gasteiger partial charge in [0, 0.05) is 18.3 Å². The Bertz CT molecular complexity index is 396. The van der Waals surface area contributed by atoms with Gasteiger partial charge in [0.25, 0.3) is 0 Å². The number of nitrogens with one attached hydrogen (secondary N) is 1. The number of ether oxygens (including phenoxy) is 1. The smallest absolute Gasteiger partial charge is 0.234 e. The van der Waals surface area contributed by atoms with Crippen LogP contribution in [0.2, 0.25) is 0 Å². The van der Waals surface area contributed by atoms with Crippen LogP contribution in [-0.4, -0.2) is 21.8 Å². The van der Waals surface area contributed by atoms with Gasteiger partial charge in [-0.1, -0.05) is 28.9 Å². The van der Waals surface area contributed by atoms with E-state index in [9.17, 15) is 4.79 Å². The molecule has 1 amide bonds. The molecule has 0 aliphatic rings. The number of rotatable bonds is 6. The third-order valence-corrected chi connectivity index (χ3v) is 3.36. The predicted molar refractivity (Wildman–Crippen MR) is 74.9 cm³/mol. The van der Waals surface area contributed by atoms with Crippen LogP contribution in [0.1, 0.15) is 32.8 Å². The number of nitrogens with zero attached hydrogens (tertiary/aromatic N) is 1. The fraction of sp³-hybridized carbons (Fsp3) is 0.538. The van der Waals surface area contributed by atoms with Crippen molar-refractivity contribution in [1.29, 1.82) is 0 Å². The summed E-state index contributed by atoms with van der Waals surface area (Å²) in [5.41, 5.74) is 0.885. The molecule has 1 atom stereocenters. The second-order valence-corrected chi connectivity index (χ2v) is 5.33. The maximum absolute atomic E-state index is 11.7. The van der Waals surface area contributed by atoms with Gasteiger partial charge in [0.15, 0.2) is 0 Å². The van der Waals surface area contributed by atoms with Gasteiger partial charge in [-0.25, -0.2) is 4.98 Å². The zero-order chi connectivity index (χ0) is 13.5. The molecular weight excluding hydrogens is 296 g/mol. The minimum absolute atomic E-state index is 0.0168. The normalized spacial score (nSPS) is 12.3. The first kappa shape index (κ1) is 15.0. The van der Waals surface area contributed by atoms with Crippen molar-refractivity contribution >= 4 is 21.8 Å². The molecule has 0 spiro atoms. The third-order valence-electron chi connectivity index (χ3n) is 2.29. The quantitative estimate of drug-likeness (QED) is 0.821. The fourth-order valence-electron chi connectivity index (χ4n) is 1.37. The van der Waals surface area contributed by atoms with Gasteiger partial charge in [-0.3, -0.25) is 4.79 Å². The SMILES string of the molecule is CCC(Br)C(=O)NCc1cccnc1OC(C)C. The number of aromatic nitrogens is 1. The molecule has 5 heteroatoms. The summed E-state index contributed by atoms with van der Waals surface area (Å²) in [4.78, 5) is 15.7. The van der Waals surface area contributed by atoms with Crippen LogP contribution in [0.5, 0.6) is 5.88 Å². The van der Waals surface area contributed by atoms with Gasteiger partial charge in [-0.15, -0.1) is 0 Å². The molecule has 0 saturated heterocycles. The maximum Gasteiger partial charge on any atom is 0.234 e. The Labute approximate surface area is 116 Å². The molecule has 1 heterocycles. The summed E-state index contributed by atoms with van der Waals surface area (Å²) < 4.78 is 5.59. The van der Waals surface area contributed by atoms with Gasteiger partial charge < -0.3 is 10.1 Å². The largest absolute Gasteiger partial charge is 0.475 e. The Morgan fingerprint density at radius 2 is 2.28 bits per heavy atom. The lowest BCUT2D eigenvalue weighted by Gasteiger charge is -2.14. The Morgan fingerprint density at radius 1 is 1.56 bits per heavy atom. The number of alkyl halides is 1. The average molecular weight is 315 g/mol. The minimum Gasteiger partial charge on any atom is -0.475 e. The third kappa shape index (κ3) is 4.64. The van der Waals surface area contributed by atoms with E-state index in [0.717, 1.165) is 12.0 Å². The lowest BCUT2D eigenvalue weighted by atomic mass is 10.2. The Kier molecular flexibility index (Phi) is 6.12. The van der Waals surface area contributed by atoms with Gasteiger partial charge in [0.1, 0.15) is 0 Å². The first-order chi connectivity index (χ1) is 8.54.